The number of hydrogen-bond acceptors (Lipinski definition) is 3. The molecule has 0 aromatic carbocycles. The van der Waals surface area contributed by atoms with Crippen molar-refractivity contribution in [3.8, 4) is 0 Å². The molecule has 0 spiro atoms. The summed E-state index contributed by atoms with van der Waals surface area (Å²) in [5, 5.41) is 3.26. The van der Waals surface area contributed by atoms with Crippen LogP contribution >= 0.6 is 0 Å². The second-order valence-electron chi connectivity index (χ2n) is 3.66. The standard InChI is InChI=1S/C9H22N2O2S/c1-4-5-6-9(2)10-7-8-11-14(3,12)13/h9-11H,4-8H2,1-3H3. The van der Waals surface area contributed by atoms with Gasteiger partial charge in [0.05, 0.1) is 6.26 Å². The third kappa shape index (κ3) is 9.95. The lowest BCUT2D eigenvalue weighted by atomic mass is 10.1. The molecule has 1 atom stereocenters. The molecule has 0 aliphatic rings. The minimum Gasteiger partial charge on any atom is -0.313 e. The molecule has 0 bridgehead atoms. The van der Waals surface area contributed by atoms with Crippen LogP contribution in [-0.4, -0.2) is 33.8 Å². The summed E-state index contributed by atoms with van der Waals surface area (Å²) in [6.07, 6.45) is 4.74. The van der Waals surface area contributed by atoms with Gasteiger partial charge in [-0.15, -0.1) is 0 Å². The van der Waals surface area contributed by atoms with E-state index >= 15 is 0 Å². The highest BCUT2D eigenvalue weighted by Crippen LogP contribution is 1.98. The van der Waals surface area contributed by atoms with E-state index in [1.54, 1.807) is 0 Å². The molecule has 0 aromatic heterocycles. The molecule has 0 heterocycles. The summed E-state index contributed by atoms with van der Waals surface area (Å²) in [7, 11) is -3.03. The molecule has 14 heavy (non-hydrogen) atoms. The average molecular weight is 222 g/mol. The lowest BCUT2D eigenvalue weighted by molar-refractivity contribution is 0.495. The van der Waals surface area contributed by atoms with Crippen LogP contribution in [0.15, 0.2) is 0 Å². The summed E-state index contributed by atoms with van der Waals surface area (Å²) in [5.74, 6) is 0. The smallest absolute Gasteiger partial charge is 0.208 e. The second-order valence-corrected chi connectivity index (χ2v) is 5.50. The van der Waals surface area contributed by atoms with Crippen LogP contribution in [0.5, 0.6) is 0 Å². The Bertz CT molecular complexity index is 227. The van der Waals surface area contributed by atoms with Gasteiger partial charge in [0.1, 0.15) is 0 Å². The van der Waals surface area contributed by atoms with E-state index < -0.39 is 10.0 Å². The predicted molar refractivity (Wildman–Crippen MR) is 59.8 cm³/mol. The Labute approximate surface area is 87.5 Å². The number of sulfonamides is 1. The van der Waals surface area contributed by atoms with Crippen LogP contribution in [0.1, 0.15) is 33.1 Å². The molecule has 2 N–H and O–H groups in total. The van der Waals surface area contributed by atoms with Gasteiger partial charge in [-0.25, -0.2) is 13.1 Å². The van der Waals surface area contributed by atoms with Crippen LogP contribution in [-0.2, 0) is 10.0 Å². The van der Waals surface area contributed by atoms with E-state index in [0.29, 0.717) is 19.1 Å². The van der Waals surface area contributed by atoms with Crippen molar-refractivity contribution < 1.29 is 8.42 Å². The van der Waals surface area contributed by atoms with Crippen LogP contribution in [0.4, 0.5) is 0 Å². The van der Waals surface area contributed by atoms with Gasteiger partial charge in [-0.2, -0.15) is 0 Å². The molecule has 1 unspecified atom stereocenters. The van der Waals surface area contributed by atoms with Gasteiger partial charge in [-0.1, -0.05) is 19.8 Å². The molecule has 0 radical (unpaired) electrons. The fraction of sp³-hybridized carbons (Fsp3) is 1.00. The van der Waals surface area contributed by atoms with Crippen molar-refractivity contribution in [2.45, 2.75) is 39.2 Å². The van der Waals surface area contributed by atoms with Crippen molar-refractivity contribution in [1.82, 2.24) is 10.0 Å². The van der Waals surface area contributed by atoms with Gasteiger partial charge in [0.25, 0.3) is 0 Å². The summed E-state index contributed by atoms with van der Waals surface area (Å²) >= 11 is 0. The molecule has 86 valence electrons. The zero-order valence-corrected chi connectivity index (χ0v) is 10.2. The van der Waals surface area contributed by atoms with Crippen LogP contribution in [0.2, 0.25) is 0 Å². The van der Waals surface area contributed by atoms with Crippen LogP contribution in [0, 0.1) is 0 Å². The molecule has 0 saturated heterocycles. The maximum atomic E-state index is 10.7. The monoisotopic (exact) mass is 222 g/mol. The zero-order chi connectivity index (χ0) is 11.0. The van der Waals surface area contributed by atoms with Crippen molar-refractivity contribution in [3.05, 3.63) is 0 Å². The lowest BCUT2D eigenvalue weighted by Crippen LogP contribution is -2.35. The number of unbranched alkanes of at least 4 members (excludes halogenated alkanes) is 1. The third-order valence-electron chi connectivity index (χ3n) is 1.97. The molecule has 4 nitrogen and oxygen atoms in total. The molecular formula is C9H22N2O2S. The second kappa shape index (κ2) is 7.20. The summed E-state index contributed by atoms with van der Waals surface area (Å²) in [6.45, 7) is 5.45. The Morgan fingerprint density at radius 2 is 1.93 bits per heavy atom. The van der Waals surface area contributed by atoms with Gasteiger partial charge >= 0.3 is 0 Å². The number of nitrogens with one attached hydrogen (secondary N) is 2. The fourth-order valence-electron chi connectivity index (χ4n) is 1.17. The average Bonchev–Trinajstić information content (AvgIpc) is 2.07. The molecule has 5 heteroatoms. The van der Waals surface area contributed by atoms with Gasteiger partial charge in [0, 0.05) is 19.1 Å². The van der Waals surface area contributed by atoms with Crippen molar-refractivity contribution in [2.24, 2.45) is 0 Å². The van der Waals surface area contributed by atoms with Crippen molar-refractivity contribution >= 4 is 10.0 Å². The molecule has 0 amide bonds. The Morgan fingerprint density at radius 3 is 2.43 bits per heavy atom. The van der Waals surface area contributed by atoms with Crippen molar-refractivity contribution in [1.29, 1.82) is 0 Å². The largest absolute Gasteiger partial charge is 0.313 e. The molecule has 0 rings (SSSR count). The first-order valence-corrected chi connectivity index (χ1v) is 7.03. The van der Waals surface area contributed by atoms with E-state index in [9.17, 15) is 8.42 Å². The zero-order valence-electron chi connectivity index (χ0n) is 9.34. The van der Waals surface area contributed by atoms with Gasteiger partial charge in [0.15, 0.2) is 0 Å². The normalized spacial score (nSPS) is 14.2. The van der Waals surface area contributed by atoms with Crippen LogP contribution in [0.25, 0.3) is 0 Å². The molecule has 0 aromatic rings. The maximum Gasteiger partial charge on any atom is 0.208 e. The summed E-state index contributed by atoms with van der Waals surface area (Å²) in [5.41, 5.74) is 0. The van der Waals surface area contributed by atoms with E-state index in [1.165, 1.54) is 19.1 Å². The molecule has 0 aliphatic carbocycles. The van der Waals surface area contributed by atoms with Gasteiger partial charge < -0.3 is 5.32 Å². The topological polar surface area (TPSA) is 58.2 Å². The summed E-state index contributed by atoms with van der Waals surface area (Å²) in [6, 6.07) is 0.469. The quantitative estimate of drug-likeness (QED) is 0.595. The van der Waals surface area contributed by atoms with E-state index in [4.69, 9.17) is 0 Å². The number of hydrogen-bond donors (Lipinski definition) is 2. The third-order valence-corrected chi connectivity index (χ3v) is 2.70. The summed E-state index contributed by atoms with van der Waals surface area (Å²) < 4.78 is 23.9. The van der Waals surface area contributed by atoms with Crippen LogP contribution in [0.3, 0.4) is 0 Å². The lowest BCUT2D eigenvalue weighted by Gasteiger charge is -2.12. The Morgan fingerprint density at radius 1 is 1.29 bits per heavy atom. The molecule has 0 fully saturated rings. The Balaban J connectivity index is 3.36. The van der Waals surface area contributed by atoms with Crippen LogP contribution < -0.4 is 10.0 Å². The minimum absolute atomic E-state index is 0.468. The summed E-state index contributed by atoms with van der Waals surface area (Å²) in [4.78, 5) is 0. The van der Waals surface area contributed by atoms with E-state index in [-0.39, 0.29) is 0 Å². The first kappa shape index (κ1) is 13.9. The van der Waals surface area contributed by atoms with E-state index in [0.717, 1.165) is 6.42 Å². The Kier molecular flexibility index (Phi) is 7.13. The number of rotatable bonds is 8. The maximum absolute atomic E-state index is 10.7. The highest BCUT2D eigenvalue weighted by Gasteiger charge is 2.01. The van der Waals surface area contributed by atoms with Gasteiger partial charge in [0.2, 0.25) is 10.0 Å². The van der Waals surface area contributed by atoms with E-state index in [1.807, 2.05) is 0 Å². The highest BCUT2D eigenvalue weighted by atomic mass is 32.2. The van der Waals surface area contributed by atoms with Gasteiger partial charge in [-0.3, -0.25) is 0 Å². The highest BCUT2D eigenvalue weighted by molar-refractivity contribution is 7.88. The predicted octanol–water partition coefficient (Wildman–Crippen LogP) is 0.704. The SMILES string of the molecule is CCCCC(C)NCCNS(C)(=O)=O. The molecular weight excluding hydrogens is 200 g/mol. The van der Waals surface area contributed by atoms with Crippen molar-refractivity contribution in [3.63, 3.8) is 0 Å². The van der Waals surface area contributed by atoms with E-state index in [2.05, 4.69) is 23.9 Å². The Hall–Kier alpha value is -0.130. The minimum atomic E-state index is -3.03. The first-order valence-electron chi connectivity index (χ1n) is 5.13. The van der Waals surface area contributed by atoms with Gasteiger partial charge in [-0.05, 0) is 13.3 Å². The molecule has 0 aliphatic heterocycles. The fourth-order valence-corrected chi connectivity index (χ4v) is 1.64. The first-order chi connectivity index (χ1) is 6.45. The molecule has 0 saturated carbocycles. The van der Waals surface area contributed by atoms with Crippen molar-refractivity contribution in [2.75, 3.05) is 19.3 Å².